The molecule has 1 atom stereocenters. The molecule has 0 bridgehead atoms. The van der Waals surface area contributed by atoms with Crippen LogP contribution in [0.2, 0.25) is 0 Å². The van der Waals surface area contributed by atoms with E-state index < -0.39 is 0 Å². The summed E-state index contributed by atoms with van der Waals surface area (Å²) in [4.78, 5) is 26.1. The zero-order chi connectivity index (χ0) is 15.2. The Balaban J connectivity index is 1.78. The molecule has 0 saturated carbocycles. The molecule has 0 radical (unpaired) electrons. The van der Waals surface area contributed by atoms with Gasteiger partial charge in [0.25, 0.3) is 5.91 Å². The number of carbonyl (C=O) groups excluding carboxylic acids is 2. The van der Waals surface area contributed by atoms with Crippen molar-refractivity contribution in [2.24, 2.45) is 0 Å². The maximum Gasteiger partial charge on any atom is 0.251 e. The second-order valence-corrected chi connectivity index (χ2v) is 5.81. The van der Waals surface area contributed by atoms with Gasteiger partial charge < -0.3 is 10.2 Å². The third-order valence-corrected chi connectivity index (χ3v) is 4.03. The first-order valence-corrected chi connectivity index (χ1v) is 7.72. The van der Waals surface area contributed by atoms with Gasteiger partial charge in [0.05, 0.1) is 0 Å². The van der Waals surface area contributed by atoms with Crippen molar-refractivity contribution >= 4 is 11.8 Å². The second-order valence-electron chi connectivity index (χ2n) is 5.81. The summed E-state index contributed by atoms with van der Waals surface area (Å²) in [5, 5.41) is 2.82. The summed E-state index contributed by atoms with van der Waals surface area (Å²) in [6, 6.07) is 7.79. The molecule has 21 heavy (non-hydrogen) atoms. The zero-order valence-corrected chi connectivity index (χ0v) is 12.9. The fourth-order valence-electron chi connectivity index (χ4n) is 2.78. The molecule has 2 rings (SSSR count). The second kappa shape index (κ2) is 7.25. The largest absolute Gasteiger partial charge is 0.352 e. The molecule has 0 aromatic heterocycles. The normalized spacial score (nSPS) is 18.4. The number of piperidine rings is 1. The van der Waals surface area contributed by atoms with Crippen LogP contribution in [0, 0.1) is 6.92 Å². The lowest BCUT2D eigenvalue weighted by molar-refractivity contribution is -0.134. The monoisotopic (exact) mass is 288 g/mol. The van der Waals surface area contributed by atoms with E-state index in [0.29, 0.717) is 24.6 Å². The van der Waals surface area contributed by atoms with Crippen LogP contribution in [0.5, 0.6) is 0 Å². The Labute approximate surface area is 126 Å². The highest BCUT2D eigenvalue weighted by molar-refractivity contribution is 5.94. The van der Waals surface area contributed by atoms with Gasteiger partial charge in [0.15, 0.2) is 0 Å². The van der Waals surface area contributed by atoms with E-state index in [-0.39, 0.29) is 11.8 Å². The molecule has 1 fully saturated rings. The molecule has 1 N–H and O–H groups in total. The molecule has 1 aromatic rings. The molecule has 2 amide bonds. The van der Waals surface area contributed by atoms with Crippen molar-refractivity contribution in [2.75, 3.05) is 13.1 Å². The van der Waals surface area contributed by atoms with Gasteiger partial charge in [-0.3, -0.25) is 9.59 Å². The maximum absolute atomic E-state index is 12.2. The van der Waals surface area contributed by atoms with E-state index in [2.05, 4.69) is 12.2 Å². The Hall–Kier alpha value is -1.84. The van der Waals surface area contributed by atoms with Gasteiger partial charge in [-0.15, -0.1) is 0 Å². The van der Waals surface area contributed by atoms with Crippen LogP contribution in [-0.2, 0) is 4.79 Å². The van der Waals surface area contributed by atoms with Crippen LogP contribution in [0.1, 0.15) is 48.5 Å². The third-order valence-electron chi connectivity index (χ3n) is 4.03. The van der Waals surface area contributed by atoms with Crippen molar-refractivity contribution in [3.05, 3.63) is 35.4 Å². The first kappa shape index (κ1) is 15.5. The number of likely N-dealkylation sites (tertiary alicyclic amines) is 1. The quantitative estimate of drug-likeness (QED) is 0.925. The lowest BCUT2D eigenvalue weighted by Crippen LogP contribution is -2.43. The van der Waals surface area contributed by atoms with Crippen LogP contribution in [0.25, 0.3) is 0 Å². The van der Waals surface area contributed by atoms with Crippen molar-refractivity contribution in [1.82, 2.24) is 10.2 Å². The van der Waals surface area contributed by atoms with Crippen molar-refractivity contribution in [3.8, 4) is 0 Å². The fraction of sp³-hybridized carbons (Fsp3) is 0.529. The number of amides is 2. The van der Waals surface area contributed by atoms with Gasteiger partial charge in [0, 0.05) is 31.1 Å². The van der Waals surface area contributed by atoms with Gasteiger partial charge in [-0.2, -0.15) is 0 Å². The fourth-order valence-corrected chi connectivity index (χ4v) is 2.78. The third kappa shape index (κ3) is 4.31. The smallest absolute Gasteiger partial charge is 0.251 e. The average Bonchev–Trinajstić information content (AvgIpc) is 2.47. The van der Waals surface area contributed by atoms with Gasteiger partial charge in [-0.05, 0) is 45.2 Å². The summed E-state index contributed by atoms with van der Waals surface area (Å²) >= 11 is 0. The van der Waals surface area contributed by atoms with E-state index in [1.165, 1.54) is 6.42 Å². The Morgan fingerprint density at radius 2 is 2.14 bits per heavy atom. The minimum atomic E-state index is -0.113. The lowest BCUT2D eigenvalue weighted by atomic mass is 10.0. The Bertz CT molecular complexity index is 513. The molecule has 1 saturated heterocycles. The Kier molecular flexibility index (Phi) is 5.37. The number of aryl methyl sites for hydroxylation is 1. The van der Waals surface area contributed by atoms with Crippen LogP contribution in [0.3, 0.4) is 0 Å². The number of rotatable bonds is 4. The minimum absolute atomic E-state index is 0.113. The average molecular weight is 288 g/mol. The molecule has 4 nitrogen and oxygen atoms in total. The topological polar surface area (TPSA) is 49.4 Å². The predicted molar refractivity (Wildman–Crippen MR) is 83.2 cm³/mol. The summed E-state index contributed by atoms with van der Waals surface area (Å²) in [5.41, 5.74) is 1.70. The SMILES string of the molecule is Cc1cccc(C(=O)NCCC(=O)N2CCCCC2C)c1. The predicted octanol–water partition coefficient (Wildman–Crippen LogP) is 2.52. The van der Waals surface area contributed by atoms with Gasteiger partial charge in [-0.1, -0.05) is 17.7 Å². The van der Waals surface area contributed by atoms with Gasteiger partial charge in [0.1, 0.15) is 0 Å². The van der Waals surface area contributed by atoms with Crippen molar-refractivity contribution in [1.29, 1.82) is 0 Å². The summed E-state index contributed by atoms with van der Waals surface area (Å²) in [7, 11) is 0. The minimum Gasteiger partial charge on any atom is -0.352 e. The van der Waals surface area contributed by atoms with E-state index in [9.17, 15) is 9.59 Å². The zero-order valence-electron chi connectivity index (χ0n) is 12.9. The Morgan fingerprint density at radius 3 is 2.86 bits per heavy atom. The number of nitrogens with one attached hydrogen (secondary N) is 1. The molecule has 0 aliphatic carbocycles. The van der Waals surface area contributed by atoms with E-state index >= 15 is 0 Å². The van der Waals surface area contributed by atoms with Crippen LogP contribution in [-0.4, -0.2) is 35.8 Å². The molecule has 0 spiro atoms. The Morgan fingerprint density at radius 1 is 1.33 bits per heavy atom. The summed E-state index contributed by atoms with van der Waals surface area (Å²) in [6.07, 6.45) is 3.75. The van der Waals surface area contributed by atoms with Crippen molar-refractivity contribution in [2.45, 2.75) is 45.6 Å². The highest BCUT2D eigenvalue weighted by atomic mass is 16.2. The van der Waals surface area contributed by atoms with Crippen LogP contribution in [0.4, 0.5) is 0 Å². The number of hydrogen-bond donors (Lipinski definition) is 1. The first-order valence-electron chi connectivity index (χ1n) is 7.72. The number of carbonyl (C=O) groups is 2. The number of nitrogens with zero attached hydrogens (tertiary/aromatic N) is 1. The molecule has 1 heterocycles. The van der Waals surface area contributed by atoms with Gasteiger partial charge in [0.2, 0.25) is 5.91 Å². The molecule has 1 aliphatic heterocycles. The van der Waals surface area contributed by atoms with Crippen LogP contribution >= 0.6 is 0 Å². The highest BCUT2D eigenvalue weighted by Crippen LogP contribution is 2.17. The highest BCUT2D eigenvalue weighted by Gasteiger charge is 2.22. The summed E-state index contributed by atoms with van der Waals surface area (Å²) in [6.45, 7) is 5.31. The molecule has 1 aromatic carbocycles. The van der Waals surface area contributed by atoms with Gasteiger partial charge >= 0.3 is 0 Å². The molecular weight excluding hydrogens is 264 g/mol. The summed E-state index contributed by atoms with van der Waals surface area (Å²) in [5.74, 6) is 0.0323. The van der Waals surface area contributed by atoms with E-state index in [1.807, 2.05) is 30.0 Å². The summed E-state index contributed by atoms with van der Waals surface area (Å²) < 4.78 is 0. The van der Waals surface area contributed by atoms with Crippen LogP contribution in [0.15, 0.2) is 24.3 Å². The van der Waals surface area contributed by atoms with Crippen molar-refractivity contribution < 1.29 is 9.59 Å². The van der Waals surface area contributed by atoms with Gasteiger partial charge in [-0.25, -0.2) is 0 Å². The molecule has 1 unspecified atom stereocenters. The maximum atomic E-state index is 12.2. The number of benzene rings is 1. The molecular formula is C17H24N2O2. The van der Waals surface area contributed by atoms with Crippen molar-refractivity contribution in [3.63, 3.8) is 0 Å². The standard InChI is InChI=1S/C17H24N2O2/c1-13-6-5-8-15(12-13)17(21)18-10-9-16(20)19-11-4-3-7-14(19)2/h5-6,8,12,14H,3-4,7,9-11H2,1-2H3,(H,18,21). The van der Waals surface area contributed by atoms with E-state index in [4.69, 9.17) is 0 Å². The van der Waals surface area contributed by atoms with E-state index in [0.717, 1.165) is 24.9 Å². The van der Waals surface area contributed by atoms with E-state index in [1.54, 1.807) is 6.07 Å². The molecule has 114 valence electrons. The number of hydrogen-bond acceptors (Lipinski definition) is 2. The molecule has 4 heteroatoms. The molecule has 1 aliphatic rings. The lowest BCUT2D eigenvalue weighted by Gasteiger charge is -2.33. The first-order chi connectivity index (χ1) is 10.1. The van der Waals surface area contributed by atoms with Crippen LogP contribution < -0.4 is 5.32 Å².